The van der Waals surface area contributed by atoms with E-state index in [1.54, 1.807) is 77.0 Å². The smallest absolute Gasteiger partial charge is 0.317 e. The second kappa shape index (κ2) is 48.7. The molecule has 90 heavy (non-hydrogen) atoms. The van der Waals surface area contributed by atoms with Crippen molar-refractivity contribution >= 4 is 23.9 Å². The van der Waals surface area contributed by atoms with Crippen molar-refractivity contribution in [3.63, 3.8) is 0 Å². The van der Waals surface area contributed by atoms with E-state index in [1.165, 1.54) is 0 Å². The molecule has 4 aromatic carbocycles. The summed E-state index contributed by atoms with van der Waals surface area (Å²) < 4.78 is 119. The number of benzene rings is 4. The predicted octanol–water partition coefficient (Wildman–Crippen LogP) is 5.69. The zero-order valence-electron chi connectivity index (χ0n) is 51.9. The maximum atomic E-state index is 12.2. The van der Waals surface area contributed by atoms with Gasteiger partial charge in [-0.3, -0.25) is 19.2 Å². The first kappa shape index (κ1) is 75.3. The average molecular weight is 1280 g/mol. The molecule has 4 aromatic rings. The molecule has 0 bridgehead atoms. The minimum absolute atomic E-state index is 0.0315. The molecule has 4 rings (SSSR count). The van der Waals surface area contributed by atoms with Gasteiger partial charge in [0.2, 0.25) is 0 Å². The molecule has 0 atom stereocenters. The Morgan fingerprint density at radius 2 is 0.456 bits per heavy atom. The largest absolute Gasteiger partial charge is 0.491 e. The highest BCUT2D eigenvalue weighted by atomic mass is 16.6. The van der Waals surface area contributed by atoms with Gasteiger partial charge < -0.3 is 110 Å². The number of hydrogen-bond donors (Lipinski definition) is 2. The Hall–Kier alpha value is -7.12. The van der Waals surface area contributed by atoms with Crippen LogP contribution in [0.15, 0.2) is 72.8 Å². The standard InChI is InChI=1S/C63H88O27/c1-70-5-9-74-13-17-78-21-25-82-54-32-50(33-55(38-54)83-26-22-79-18-14-75-10-6-71-2)44-87-58-36-52(43-86-53-30-48(46-89-62(68)41-60(64)65)29-49(31-53)47-90-63(69)42-61(66)67)37-59(40-58)88-45-51-34-56(84-27-23-80-19-15-76-11-7-72-3)39-57(35-51)85-28-24-81-20-16-77-12-8-73-4/h29-40H,5-28,41-47H2,1-4H3,(H,64,65)(H,66,67). The topological polar surface area (TPSA) is 303 Å². The number of carbonyl (C=O) groups excluding carboxylic acids is 2. The van der Waals surface area contributed by atoms with Crippen LogP contribution in [-0.2, 0) is 119 Å². The Labute approximate surface area is 524 Å². The van der Waals surface area contributed by atoms with Gasteiger partial charge in [-0.2, -0.15) is 0 Å². The fraction of sp³-hybridized carbons (Fsp3) is 0.556. The van der Waals surface area contributed by atoms with E-state index in [0.717, 1.165) is 0 Å². The van der Waals surface area contributed by atoms with Gasteiger partial charge in [-0.05, 0) is 82.4 Å². The Kier molecular flexibility index (Phi) is 40.8. The Balaban J connectivity index is 1.62. The minimum Gasteiger partial charge on any atom is -0.491 e. The van der Waals surface area contributed by atoms with Crippen molar-refractivity contribution in [2.45, 2.75) is 45.9 Å². The number of carboxylic acid groups (broad SMARTS) is 2. The highest BCUT2D eigenvalue weighted by molar-refractivity contribution is 5.90. The van der Waals surface area contributed by atoms with Gasteiger partial charge in [-0.1, -0.05) is 0 Å². The van der Waals surface area contributed by atoms with Gasteiger partial charge in [0.25, 0.3) is 0 Å². The van der Waals surface area contributed by atoms with Crippen molar-refractivity contribution in [2.75, 3.05) is 187 Å². The van der Waals surface area contributed by atoms with Crippen LogP contribution in [0.2, 0.25) is 0 Å². The maximum Gasteiger partial charge on any atom is 0.317 e. The zero-order valence-corrected chi connectivity index (χ0v) is 51.9. The minimum atomic E-state index is -1.37. The zero-order chi connectivity index (χ0) is 64.5. The third-order valence-corrected chi connectivity index (χ3v) is 11.7. The molecule has 0 aromatic heterocycles. The van der Waals surface area contributed by atoms with Crippen molar-refractivity contribution < 1.29 is 129 Å². The number of esters is 2. The van der Waals surface area contributed by atoms with Crippen LogP contribution in [0.5, 0.6) is 40.2 Å². The predicted molar refractivity (Wildman–Crippen MR) is 319 cm³/mol. The van der Waals surface area contributed by atoms with Crippen LogP contribution >= 0.6 is 0 Å². The fourth-order valence-electron chi connectivity index (χ4n) is 7.53. The Morgan fingerprint density at radius 3 is 0.689 bits per heavy atom. The van der Waals surface area contributed by atoms with Gasteiger partial charge in [0.15, 0.2) is 0 Å². The van der Waals surface area contributed by atoms with Crippen LogP contribution in [-0.4, -0.2) is 221 Å². The normalized spacial score (nSPS) is 11.1. The van der Waals surface area contributed by atoms with E-state index in [2.05, 4.69) is 0 Å². The summed E-state index contributed by atoms with van der Waals surface area (Å²) in [6.45, 7) is 8.28. The van der Waals surface area contributed by atoms with E-state index in [0.29, 0.717) is 194 Å². The first-order chi connectivity index (χ1) is 43.9. The van der Waals surface area contributed by atoms with Gasteiger partial charge >= 0.3 is 23.9 Å². The number of hydrogen-bond acceptors (Lipinski definition) is 25. The average Bonchev–Trinajstić information content (AvgIpc) is 1.40. The molecule has 0 fully saturated rings. The van der Waals surface area contributed by atoms with Gasteiger partial charge in [0, 0.05) is 46.6 Å². The highest BCUT2D eigenvalue weighted by Gasteiger charge is 2.15. The summed E-state index contributed by atoms with van der Waals surface area (Å²) in [5, 5.41) is 18.2. The van der Waals surface area contributed by atoms with E-state index in [4.69, 9.17) is 110 Å². The quantitative estimate of drug-likeness (QED) is 0.0305. The third kappa shape index (κ3) is 37.1. The Morgan fingerprint density at radius 1 is 0.256 bits per heavy atom. The molecule has 0 aliphatic carbocycles. The molecule has 0 spiro atoms. The van der Waals surface area contributed by atoms with Crippen LogP contribution in [0.1, 0.15) is 40.7 Å². The summed E-state index contributed by atoms with van der Waals surface area (Å²) in [5.74, 6) is -1.72. The van der Waals surface area contributed by atoms with E-state index >= 15 is 0 Å². The summed E-state index contributed by atoms with van der Waals surface area (Å²) in [7, 11) is 6.43. The van der Waals surface area contributed by atoms with Crippen LogP contribution in [0.25, 0.3) is 0 Å². The third-order valence-electron chi connectivity index (χ3n) is 11.7. The molecule has 0 radical (unpaired) electrons. The molecule has 2 N–H and O–H groups in total. The van der Waals surface area contributed by atoms with Gasteiger partial charge in [-0.25, -0.2) is 0 Å². The molecular formula is C63H88O27. The summed E-state index contributed by atoms with van der Waals surface area (Å²) in [5.41, 5.74) is 2.67. The highest BCUT2D eigenvalue weighted by Crippen LogP contribution is 2.30. The number of aliphatic carboxylic acids is 2. The number of carboxylic acids is 2. The van der Waals surface area contributed by atoms with E-state index < -0.39 is 36.7 Å². The molecule has 27 heteroatoms. The van der Waals surface area contributed by atoms with E-state index in [-0.39, 0.29) is 65.2 Å². The molecule has 0 aliphatic heterocycles. The lowest BCUT2D eigenvalue weighted by Crippen LogP contribution is -2.13. The number of rotatable bonds is 57. The molecule has 0 unspecified atom stereocenters. The lowest BCUT2D eigenvalue weighted by atomic mass is 10.1. The molecule has 0 saturated carbocycles. The second-order valence-corrected chi connectivity index (χ2v) is 19.0. The summed E-state index contributed by atoms with van der Waals surface area (Å²) in [4.78, 5) is 46.8. The second-order valence-electron chi connectivity index (χ2n) is 19.0. The van der Waals surface area contributed by atoms with Crippen molar-refractivity contribution in [3.05, 3.63) is 101 Å². The molecule has 27 nitrogen and oxygen atoms in total. The first-order valence-corrected chi connectivity index (χ1v) is 29.2. The van der Waals surface area contributed by atoms with E-state index in [9.17, 15) is 19.2 Å². The van der Waals surface area contributed by atoms with Gasteiger partial charge in [0.1, 0.15) is 113 Å². The van der Waals surface area contributed by atoms with Crippen LogP contribution in [0.3, 0.4) is 0 Å². The lowest BCUT2D eigenvalue weighted by molar-refractivity contribution is -0.153. The molecule has 502 valence electrons. The Bertz CT molecular complexity index is 2360. The molecule has 0 amide bonds. The lowest BCUT2D eigenvalue weighted by Gasteiger charge is -2.16. The van der Waals surface area contributed by atoms with Crippen molar-refractivity contribution in [1.82, 2.24) is 0 Å². The van der Waals surface area contributed by atoms with Crippen LogP contribution in [0, 0.1) is 0 Å². The SMILES string of the molecule is COCCOCCOCCOc1cc(COc2cc(COc3cc(COC(=O)CC(=O)O)cc(COC(=O)CC(=O)O)c3)cc(OCc3cc(OCCOCCOCCOC)cc(OCCOCCOCCOC)c3)c2)cc(OCCOCCOCCOC)c1. The monoisotopic (exact) mass is 1280 g/mol. The first-order valence-electron chi connectivity index (χ1n) is 29.2. The number of ether oxygens (including phenoxy) is 21. The fourth-order valence-corrected chi connectivity index (χ4v) is 7.53. The molecule has 0 saturated heterocycles. The van der Waals surface area contributed by atoms with E-state index in [1.807, 2.05) is 24.3 Å². The van der Waals surface area contributed by atoms with Gasteiger partial charge in [0.05, 0.1) is 132 Å². The van der Waals surface area contributed by atoms with Crippen LogP contribution in [0.4, 0.5) is 0 Å². The van der Waals surface area contributed by atoms with Crippen molar-refractivity contribution in [1.29, 1.82) is 0 Å². The van der Waals surface area contributed by atoms with Crippen LogP contribution < -0.4 is 33.2 Å². The molecule has 0 aliphatic rings. The summed E-state index contributed by atoms with van der Waals surface area (Å²) in [6, 6.07) is 20.7. The molecular weight excluding hydrogens is 1190 g/mol. The van der Waals surface area contributed by atoms with Crippen molar-refractivity contribution in [2.24, 2.45) is 0 Å². The van der Waals surface area contributed by atoms with Gasteiger partial charge in [-0.15, -0.1) is 0 Å². The summed E-state index contributed by atoms with van der Waals surface area (Å²) >= 11 is 0. The number of carbonyl (C=O) groups is 4. The maximum absolute atomic E-state index is 12.2. The molecule has 0 heterocycles. The summed E-state index contributed by atoms with van der Waals surface area (Å²) in [6.07, 6.45) is -1.73. The number of methoxy groups -OCH3 is 4. The van der Waals surface area contributed by atoms with Crippen molar-refractivity contribution in [3.8, 4) is 40.2 Å².